The number of nitrogens with zero attached hydrogens (tertiary/aromatic N) is 1. The van der Waals surface area contributed by atoms with Gasteiger partial charge in [-0.1, -0.05) is 18.2 Å². The number of benzene rings is 1. The molecule has 0 bridgehead atoms. The summed E-state index contributed by atoms with van der Waals surface area (Å²) in [4.78, 5) is 3.27. The highest BCUT2D eigenvalue weighted by Crippen LogP contribution is 2.19. The molecular formula is C10H11N3. The molecule has 66 valence electrons. The largest absolute Gasteiger partial charge is 0.358 e. The van der Waals surface area contributed by atoms with Crippen molar-refractivity contribution in [1.82, 2.24) is 4.98 Å². The maximum Gasteiger partial charge on any atom is 0.0562 e. The highest BCUT2D eigenvalue weighted by atomic mass is 15.1. The van der Waals surface area contributed by atoms with Crippen LogP contribution in [0.2, 0.25) is 0 Å². The molecule has 0 fully saturated rings. The molecular weight excluding hydrogens is 162 g/mol. The minimum absolute atomic E-state index is 1.07. The normalized spacial score (nSPS) is 11.5. The Morgan fingerprint density at radius 2 is 2.15 bits per heavy atom. The van der Waals surface area contributed by atoms with Crippen LogP contribution < -0.4 is 5.84 Å². The molecule has 1 aromatic heterocycles. The van der Waals surface area contributed by atoms with E-state index < -0.39 is 0 Å². The molecule has 1 aromatic carbocycles. The van der Waals surface area contributed by atoms with E-state index in [4.69, 9.17) is 5.84 Å². The van der Waals surface area contributed by atoms with Crippen LogP contribution >= 0.6 is 0 Å². The van der Waals surface area contributed by atoms with Gasteiger partial charge in [0.2, 0.25) is 0 Å². The number of aromatic amines is 1. The van der Waals surface area contributed by atoms with Gasteiger partial charge in [0.05, 0.1) is 6.21 Å². The van der Waals surface area contributed by atoms with E-state index in [0.29, 0.717) is 0 Å². The van der Waals surface area contributed by atoms with Crippen LogP contribution in [0.5, 0.6) is 0 Å². The third-order valence-corrected chi connectivity index (χ3v) is 2.15. The fraction of sp³-hybridized carbons (Fsp3) is 0.100. The van der Waals surface area contributed by atoms with E-state index in [0.717, 1.165) is 22.2 Å². The average Bonchev–Trinajstić information content (AvgIpc) is 2.44. The first-order valence-corrected chi connectivity index (χ1v) is 4.13. The predicted molar refractivity (Wildman–Crippen MR) is 54.8 cm³/mol. The second-order valence-corrected chi connectivity index (χ2v) is 2.99. The number of H-pyrrole nitrogens is 1. The number of aryl methyl sites for hydroxylation is 1. The first-order valence-electron chi connectivity index (χ1n) is 4.13. The molecule has 0 unspecified atom stereocenters. The molecule has 0 radical (unpaired) electrons. The summed E-state index contributed by atoms with van der Waals surface area (Å²) >= 11 is 0. The Bertz CT molecular complexity index is 454. The summed E-state index contributed by atoms with van der Waals surface area (Å²) in [6.07, 6.45) is 1.67. The first-order chi connectivity index (χ1) is 6.33. The topological polar surface area (TPSA) is 54.2 Å². The van der Waals surface area contributed by atoms with Crippen LogP contribution in [-0.2, 0) is 0 Å². The van der Waals surface area contributed by atoms with Crippen molar-refractivity contribution in [2.45, 2.75) is 6.92 Å². The number of para-hydroxylation sites is 1. The van der Waals surface area contributed by atoms with E-state index in [1.807, 2.05) is 25.1 Å². The Morgan fingerprint density at radius 3 is 2.92 bits per heavy atom. The number of rotatable bonds is 1. The van der Waals surface area contributed by atoms with Gasteiger partial charge in [-0.15, -0.1) is 0 Å². The van der Waals surface area contributed by atoms with Crippen LogP contribution in [0.4, 0.5) is 0 Å². The highest BCUT2D eigenvalue weighted by Gasteiger charge is 2.04. The second kappa shape index (κ2) is 2.94. The summed E-state index contributed by atoms with van der Waals surface area (Å²) in [5, 5.41) is 4.71. The second-order valence-electron chi connectivity index (χ2n) is 2.99. The van der Waals surface area contributed by atoms with Gasteiger partial charge in [0.25, 0.3) is 0 Å². The number of hydrazone groups is 1. The van der Waals surface area contributed by atoms with Crippen molar-refractivity contribution in [3.05, 3.63) is 35.5 Å². The fourth-order valence-electron chi connectivity index (χ4n) is 1.54. The minimum Gasteiger partial charge on any atom is -0.358 e. The number of aromatic nitrogens is 1. The summed E-state index contributed by atoms with van der Waals surface area (Å²) in [5.41, 5.74) is 3.28. The predicted octanol–water partition coefficient (Wildman–Crippen LogP) is 1.77. The molecule has 0 spiro atoms. The number of nitrogens with one attached hydrogen (secondary N) is 1. The van der Waals surface area contributed by atoms with E-state index in [1.165, 1.54) is 0 Å². The zero-order valence-corrected chi connectivity index (χ0v) is 7.41. The maximum atomic E-state index is 5.14. The Morgan fingerprint density at radius 1 is 1.38 bits per heavy atom. The molecule has 0 amide bonds. The van der Waals surface area contributed by atoms with Gasteiger partial charge in [0.15, 0.2) is 0 Å². The standard InChI is InChI=1S/C10H11N3/c1-7-9(6-12-11)8-4-2-3-5-10(8)13-7/h2-6,13H,11H2,1H3/b12-6+. The van der Waals surface area contributed by atoms with Gasteiger partial charge in [0.1, 0.15) is 0 Å². The summed E-state index contributed by atoms with van der Waals surface area (Å²) in [5.74, 6) is 5.14. The van der Waals surface area contributed by atoms with Gasteiger partial charge in [-0.2, -0.15) is 5.10 Å². The van der Waals surface area contributed by atoms with Gasteiger partial charge in [-0.25, -0.2) is 0 Å². The van der Waals surface area contributed by atoms with Gasteiger partial charge in [0, 0.05) is 22.2 Å². The van der Waals surface area contributed by atoms with E-state index in [-0.39, 0.29) is 0 Å². The number of hydrogen-bond donors (Lipinski definition) is 2. The van der Waals surface area contributed by atoms with Crippen molar-refractivity contribution < 1.29 is 0 Å². The lowest BCUT2D eigenvalue weighted by atomic mass is 10.1. The van der Waals surface area contributed by atoms with E-state index in [9.17, 15) is 0 Å². The molecule has 1 heterocycles. The zero-order chi connectivity index (χ0) is 9.26. The highest BCUT2D eigenvalue weighted by molar-refractivity contribution is 6.00. The molecule has 3 nitrogen and oxygen atoms in total. The van der Waals surface area contributed by atoms with Crippen molar-refractivity contribution >= 4 is 17.1 Å². The summed E-state index contributed by atoms with van der Waals surface area (Å²) in [6, 6.07) is 8.09. The first kappa shape index (κ1) is 7.86. The lowest BCUT2D eigenvalue weighted by Crippen LogP contribution is -1.87. The van der Waals surface area contributed by atoms with E-state index in [2.05, 4.69) is 16.2 Å². The molecule has 2 aromatic rings. The van der Waals surface area contributed by atoms with Crippen LogP contribution in [-0.4, -0.2) is 11.2 Å². The maximum absolute atomic E-state index is 5.14. The lowest BCUT2D eigenvalue weighted by molar-refractivity contribution is 1.25. The van der Waals surface area contributed by atoms with E-state index >= 15 is 0 Å². The van der Waals surface area contributed by atoms with Crippen LogP contribution in [0.1, 0.15) is 11.3 Å². The Balaban J connectivity index is 2.78. The van der Waals surface area contributed by atoms with Gasteiger partial charge < -0.3 is 10.8 Å². The molecule has 2 rings (SSSR count). The molecule has 0 saturated carbocycles. The quantitative estimate of drug-likeness (QED) is 0.385. The number of fused-ring (bicyclic) bond motifs is 1. The van der Waals surface area contributed by atoms with Crippen molar-refractivity contribution in [3.63, 3.8) is 0 Å². The molecule has 0 atom stereocenters. The Labute approximate surface area is 76.3 Å². The minimum atomic E-state index is 1.07. The summed E-state index contributed by atoms with van der Waals surface area (Å²) in [6.45, 7) is 2.01. The third-order valence-electron chi connectivity index (χ3n) is 2.15. The smallest absolute Gasteiger partial charge is 0.0562 e. The molecule has 0 aliphatic heterocycles. The SMILES string of the molecule is Cc1[nH]c2ccccc2c1/C=N/N. The van der Waals surface area contributed by atoms with Gasteiger partial charge >= 0.3 is 0 Å². The molecule has 3 N–H and O–H groups in total. The Hall–Kier alpha value is -1.77. The third kappa shape index (κ3) is 1.18. The van der Waals surface area contributed by atoms with Gasteiger partial charge in [-0.3, -0.25) is 0 Å². The number of hydrogen-bond acceptors (Lipinski definition) is 2. The number of nitrogens with two attached hydrogens (primary N) is 1. The molecule has 0 saturated heterocycles. The van der Waals surface area contributed by atoms with Crippen molar-refractivity contribution in [2.24, 2.45) is 10.9 Å². The molecule has 3 heteroatoms. The van der Waals surface area contributed by atoms with Crippen LogP contribution in [0.3, 0.4) is 0 Å². The van der Waals surface area contributed by atoms with Gasteiger partial charge in [-0.05, 0) is 13.0 Å². The monoisotopic (exact) mass is 173 g/mol. The van der Waals surface area contributed by atoms with Crippen molar-refractivity contribution in [3.8, 4) is 0 Å². The van der Waals surface area contributed by atoms with E-state index in [1.54, 1.807) is 6.21 Å². The molecule has 0 aliphatic rings. The summed E-state index contributed by atoms with van der Waals surface area (Å²) in [7, 11) is 0. The van der Waals surface area contributed by atoms with Crippen molar-refractivity contribution in [1.29, 1.82) is 0 Å². The van der Waals surface area contributed by atoms with Crippen LogP contribution in [0.25, 0.3) is 10.9 Å². The lowest BCUT2D eigenvalue weighted by Gasteiger charge is -1.89. The Kier molecular flexibility index (Phi) is 1.77. The molecule has 0 aliphatic carbocycles. The summed E-state index contributed by atoms with van der Waals surface area (Å²) < 4.78 is 0. The average molecular weight is 173 g/mol. The van der Waals surface area contributed by atoms with Crippen LogP contribution in [0, 0.1) is 6.92 Å². The van der Waals surface area contributed by atoms with Crippen molar-refractivity contribution in [2.75, 3.05) is 0 Å². The molecule has 13 heavy (non-hydrogen) atoms. The zero-order valence-electron chi connectivity index (χ0n) is 7.41. The van der Waals surface area contributed by atoms with Crippen LogP contribution in [0.15, 0.2) is 29.4 Å². The fourth-order valence-corrected chi connectivity index (χ4v) is 1.54.